The molecule has 0 bridgehead atoms. The van der Waals surface area contributed by atoms with Crippen LogP contribution in [0.2, 0.25) is 0 Å². The predicted octanol–water partition coefficient (Wildman–Crippen LogP) is 1.21. The highest BCUT2D eigenvalue weighted by Crippen LogP contribution is 2.28. The number of nitrogens with one attached hydrogen (secondary N) is 1. The van der Waals surface area contributed by atoms with Crippen LogP contribution in [0.15, 0.2) is 0 Å². The first kappa shape index (κ1) is 16.9. The first-order valence-corrected chi connectivity index (χ1v) is 7.21. The van der Waals surface area contributed by atoms with E-state index in [9.17, 15) is 0 Å². The van der Waals surface area contributed by atoms with Gasteiger partial charge in [-0.15, -0.1) is 0 Å². The molecule has 0 amide bonds. The Bertz CT molecular complexity index is 227. The molecule has 1 rings (SSSR count). The summed E-state index contributed by atoms with van der Waals surface area (Å²) in [5, 5.41) is 3.50. The van der Waals surface area contributed by atoms with Gasteiger partial charge >= 0.3 is 0 Å². The lowest BCUT2D eigenvalue weighted by Crippen LogP contribution is -2.61. The van der Waals surface area contributed by atoms with E-state index in [2.05, 4.69) is 12.2 Å². The Hall–Kier alpha value is -0.200. The smallest absolute Gasteiger partial charge is 0.0991 e. The van der Waals surface area contributed by atoms with Crippen molar-refractivity contribution < 1.29 is 18.9 Å². The van der Waals surface area contributed by atoms with E-state index in [1.165, 1.54) is 0 Å². The Kier molecular flexibility index (Phi) is 8.57. The Balaban J connectivity index is 2.33. The summed E-state index contributed by atoms with van der Waals surface area (Å²) in [4.78, 5) is 0. The molecular weight excluding hydrogens is 246 g/mol. The highest BCUT2D eigenvalue weighted by atomic mass is 16.6. The van der Waals surface area contributed by atoms with Crippen LogP contribution in [0.5, 0.6) is 0 Å². The van der Waals surface area contributed by atoms with Crippen LogP contribution in [0.1, 0.15) is 26.7 Å². The standard InChI is InChI=1S/C14H29NO4/c1-5-6-15-12-9-13(19-11(2)10-17-4)14(12)18-8-7-16-3/h11-15H,5-10H2,1-4H3. The van der Waals surface area contributed by atoms with Gasteiger partial charge in [0, 0.05) is 20.3 Å². The first-order valence-electron chi connectivity index (χ1n) is 7.21. The zero-order valence-corrected chi connectivity index (χ0v) is 12.7. The summed E-state index contributed by atoms with van der Waals surface area (Å²) in [7, 11) is 3.38. The second-order valence-electron chi connectivity index (χ2n) is 5.07. The van der Waals surface area contributed by atoms with Crippen LogP contribution < -0.4 is 5.32 Å². The van der Waals surface area contributed by atoms with Crippen LogP contribution in [0, 0.1) is 0 Å². The normalized spacial score (nSPS) is 28.1. The second kappa shape index (κ2) is 9.66. The van der Waals surface area contributed by atoms with Crippen LogP contribution in [0.25, 0.3) is 0 Å². The van der Waals surface area contributed by atoms with E-state index in [1.54, 1.807) is 14.2 Å². The molecule has 0 saturated heterocycles. The van der Waals surface area contributed by atoms with Crippen molar-refractivity contribution in [2.45, 2.75) is 51.0 Å². The van der Waals surface area contributed by atoms with Crippen molar-refractivity contribution in [2.24, 2.45) is 0 Å². The zero-order valence-electron chi connectivity index (χ0n) is 12.7. The van der Waals surface area contributed by atoms with Crippen LogP contribution in [-0.4, -0.2) is 64.9 Å². The molecule has 5 nitrogen and oxygen atoms in total. The Labute approximate surface area is 116 Å². The van der Waals surface area contributed by atoms with Gasteiger partial charge in [0.15, 0.2) is 0 Å². The molecule has 0 heterocycles. The number of hydrogen-bond acceptors (Lipinski definition) is 5. The van der Waals surface area contributed by atoms with E-state index in [0.29, 0.717) is 25.9 Å². The summed E-state index contributed by atoms with van der Waals surface area (Å²) in [6.45, 7) is 7.08. The Morgan fingerprint density at radius 1 is 1.21 bits per heavy atom. The van der Waals surface area contributed by atoms with Gasteiger partial charge in [-0.05, 0) is 26.3 Å². The monoisotopic (exact) mass is 275 g/mol. The third-order valence-corrected chi connectivity index (χ3v) is 3.31. The number of rotatable bonds is 11. The number of methoxy groups -OCH3 is 2. The summed E-state index contributed by atoms with van der Waals surface area (Å²) in [5.74, 6) is 0. The highest BCUT2D eigenvalue weighted by molar-refractivity contribution is 4.97. The molecule has 1 N–H and O–H groups in total. The van der Waals surface area contributed by atoms with Gasteiger partial charge in [0.2, 0.25) is 0 Å². The molecule has 19 heavy (non-hydrogen) atoms. The molecule has 4 atom stereocenters. The fourth-order valence-corrected chi connectivity index (χ4v) is 2.31. The molecule has 1 saturated carbocycles. The van der Waals surface area contributed by atoms with Gasteiger partial charge in [0.05, 0.1) is 38.1 Å². The van der Waals surface area contributed by atoms with Gasteiger partial charge in [-0.25, -0.2) is 0 Å². The summed E-state index contributed by atoms with van der Waals surface area (Å²) in [6.07, 6.45) is 2.53. The highest BCUT2D eigenvalue weighted by Gasteiger charge is 2.43. The lowest BCUT2D eigenvalue weighted by molar-refractivity contribution is -0.175. The van der Waals surface area contributed by atoms with Crippen LogP contribution in [0.4, 0.5) is 0 Å². The minimum atomic E-state index is 0.107. The third-order valence-electron chi connectivity index (χ3n) is 3.31. The third kappa shape index (κ3) is 5.75. The van der Waals surface area contributed by atoms with Crippen molar-refractivity contribution in [3.05, 3.63) is 0 Å². The number of ether oxygens (including phenoxy) is 4. The van der Waals surface area contributed by atoms with Crippen molar-refractivity contribution in [1.29, 1.82) is 0 Å². The topological polar surface area (TPSA) is 49.0 Å². The predicted molar refractivity (Wildman–Crippen MR) is 74.5 cm³/mol. The van der Waals surface area contributed by atoms with Gasteiger partial charge in [-0.1, -0.05) is 6.92 Å². The maximum atomic E-state index is 5.95. The average Bonchev–Trinajstić information content (AvgIpc) is 2.38. The summed E-state index contributed by atoms with van der Waals surface area (Å²) >= 11 is 0. The van der Waals surface area contributed by atoms with Crippen molar-refractivity contribution in [3.63, 3.8) is 0 Å². The molecule has 0 radical (unpaired) electrons. The second-order valence-corrected chi connectivity index (χ2v) is 5.07. The molecule has 0 aromatic carbocycles. The van der Waals surface area contributed by atoms with Gasteiger partial charge in [0.25, 0.3) is 0 Å². The van der Waals surface area contributed by atoms with Gasteiger partial charge < -0.3 is 24.3 Å². The SMILES string of the molecule is CCCNC1CC(OC(C)COC)C1OCCOC. The summed E-state index contributed by atoms with van der Waals surface area (Å²) < 4.78 is 21.9. The fourth-order valence-electron chi connectivity index (χ4n) is 2.31. The molecule has 1 aliphatic rings. The molecular formula is C14H29NO4. The Morgan fingerprint density at radius 3 is 2.63 bits per heavy atom. The fraction of sp³-hybridized carbons (Fsp3) is 1.00. The molecule has 1 fully saturated rings. The van der Waals surface area contributed by atoms with Crippen molar-refractivity contribution in [3.8, 4) is 0 Å². The molecule has 0 spiro atoms. The van der Waals surface area contributed by atoms with Crippen molar-refractivity contribution >= 4 is 0 Å². The first-order chi connectivity index (χ1) is 9.22. The van der Waals surface area contributed by atoms with E-state index < -0.39 is 0 Å². The molecule has 1 aliphatic carbocycles. The van der Waals surface area contributed by atoms with E-state index in [1.807, 2.05) is 6.92 Å². The zero-order chi connectivity index (χ0) is 14.1. The molecule has 0 aromatic heterocycles. The Morgan fingerprint density at radius 2 is 2.00 bits per heavy atom. The minimum absolute atomic E-state index is 0.107. The van der Waals surface area contributed by atoms with Crippen LogP contribution >= 0.6 is 0 Å². The summed E-state index contributed by atoms with van der Waals surface area (Å²) in [6, 6.07) is 0.400. The summed E-state index contributed by atoms with van der Waals surface area (Å²) in [5.41, 5.74) is 0. The quantitative estimate of drug-likeness (QED) is 0.574. The van der Waals surface area contributed by atoms with Gasteiger partial charge in [-0.2, -0.15) is 0 Å². The lowest BCUT2D eigenvalue weighted by atomic mass is 9.85. The molecule has 0 aromatic rings. The van der Waals surface area contributed by atoms with E-state index in [0.717, 1.165) is 19.4 Å². The maximum Gasteiger partial charge on any atom is 0.0991 e. The van der Waals surface area contributed by atoms with Gasteiger partial charge in [0.1, 0.15) is 0 Å². The average molecular weight is 275 g/mol. The van der Waals surface area contributed by atoms with Crippen molar-refractivity contribution in [1.82, 2.24) is 5.32 Å². The van der Waals surface area contributed by atoms with Crippen LogP contribution in [-0.2, 0) is 18.9 Å². The van der Waals surface area contributed by atoms with Crippen LogP contribution in [0.3, 0.4) is 0 Å². The maximum absolute atomic E-state index is 5.95. The molecule has 0 aliphatic heterocycles. The molecule has 5 heteroatoms. The van der Waals surface area contributed by atoms with Crippen molar-refractivity contribution in [2.75, 3.05) is 40.6 Å². The minimum Gasteiger partial charge on any atom is -0.382 e. The van der Waals surface area contributed by atoms with E-state index in [4.69, 9.17) is 18.9 Å². The molecule has 4 unspecified atom stereocenters. The number of hydrogen-bond donors (Lipinski definition) is 1. The largest absolute Gasteiger partial charge is 0.382 e. The van der Waals surface area contributed by atoms with Gasteiger partial charge in [-0.3, -0.25) is 0 Å². The molecule has 114 valence electrons. The van der Waals surface area contributed by atoms with E-state index in [-0.39, 0.29) is 18.3 Å². The lowest BCUT2D eigenvalue weighted by Gasteiger charge is -2.45. The van der Waals surface area contributed by atoms with E-state index >= 15 is 0 Å².